The first-order valence-electron chi connectivity index (χ1n) is 7.97. The second kappa shape index (κ2) is 7.90. The maximum atomic E-state index is 6.03. The van der Waals surface area contributed by atoms with E-state index in [-0.39, 0.29) is 24.0 Å². The molecule has 3 aromatic rings. The molecule has 1 aromatic heterocycles. The first-order valence-corrected chi connectivity index (χ1v) is 9.50. The molecule has 0 unspecified atom stereocenters. The fraction of sp³-hybridized carbons (Fsp3) is 0.150. The molecule has 0 radical (unpaired) electrons. The third kappa shape index (κ3) is 3.48. The number of halogens is 2. The summed E-state index contributed by atoms with van der Waals surface area (Å²) in [6.07, 6.45) is 6.45. The predicted octanol–water partition coefficient (Wildman–Crippen LogP) is 1.57. The summed E-state index contributed by atoms with van der Waals surface area (Å²) in [6.45, 7) is 1.01. The minimum Gasteiger partial charge on any atom is -1.00 e. The van der Waals surface area contributed by atoms with Gasteiger partial charge in [0.1, 0.15) is 7.05 Å². The Hall–Kier alpha value is -1.35. The number of hydrogen-bond donors (Lipinski definition) is 0. The fourth-order valence-corrected chi connectivity index (χ4v) is 3.62. The number of aryl methyl sites for hydroxylation is 1. The van der Waals surface area contributed by atoms with Crippen LogP contribution >= 0.6 is 22.6 Å². The van der Waals surface area contributed by atoms with E-state index >= 15 is 0 Å². The number of benzene rings is 2. The van der Waals surface area contributed by atoms with Crippen LogP contribution in [0.1, 0.15) is 11.5 Å². The second-order valence-electron chi connectivity index (χ2n) is 5.78. The van der Waals surface area contributed by atoms with E-state index in [4.69, 9.17) is 4.42 Å². The van der Waals surface area contributed by atoms with Gasteiger partial charge in [-0.15, -0.1) is 0 Å². The Balaban J connectivity index is 0.00000182. The van der Waals surface area contributed by atoms with Gasteiger partial charge in [-0.25, -0.2) is 0 Å². The molecule has 0 saturated carbocycles. The molecule has 25 heavy (non-hydrogen) atoms. The molecule has 4 rings (SSSR count). The van der Waals surface area contributed by atoms with E-state index in [9.17, 15) is 0 Å². The molecule has 0 fully saturated rings. The number of alkyl halides is 1. The number of rotatable bonds is 3. The van der Waals surface area contributed by atoms with Crippen LogP contribution in [0.15, 0.2) is 65.2 Å². The molecule has 0 N–H and O–H groups in total. The predicted molar refractivity (Wildman–Crippen MR) is 107 cm³/mol. The highest BCUT2D eigenvalue weighted by Crippen LogP contribution is 2.33. The van der Waals surface area contributed by atoms with Crippen molar-refractivity contribution in [3.05, 3.63) is 72.3 Å². The summed E-state index contributed by atoms with van der Waals surface area (Å²) in [6, 6.07) is 16.7. The summed E-state index contributed by atoms with van der Waals surface area (Å²) in [5, 5.41) is 0. The highest BCUT2D eigenvalue weighted by Gasteiger charge is 2.20. The van der Waals surface area contributed by atoms with Crippen molar-refractivity contribution in [1.29, 1.82) is 0 Å². The number of para-hydroxylation sites is 3. The smallest absolute Gasteiger partial charge is 0.374 e. The van der Waals surface area contributed by atoms with E-state index in [0.717, 1.165) is 28.0 Å². The van der Waals surface area contributed by atoms with E-state index in [2.05, 4.69) is 80.7 Å². The number of anilines is 1. The molecular weight excluding hydrogens is 538 g/mol. The number of oxazole rings is 1. The Morgan fingerprint density at radius 1 is 1.12 bits per heavy atom. The summed E-state index contributed by atoms with van der Waals surface area (Å²) in [5.74, 6) is 0.855. The molecule has 0 amide bonds. The lowest BCUT2D eigenvalue weighted by atomic mass is 9.99. The van der Waals surface area contributed by atoms with Crippen molar-refractivity contribution in [3.63, 3.8) is 0 Å². The van der Waals surface area contributed by atoms with Crippen LogP contribution in [0.5, 0.6) is 0 Å². The van der Waals surface area contributed by atoms with Gasteiger partial charge in [-0.05, 0) is 23.8 Å². The van der Waals surface area contributed by atoms with Crippen LogP contribution in [0.25, 0.3) is 22.7 Å². The molecule has 1 aliphatic heterocycles. The molecule has 5 heteroatoms. The largest absolute Gasteiger partial charge is 1.00 e. The quantitative estimate of drug-likeness (QED) is 0.278. The lowest BCUT2D eigenvalue weighted by molar-refractivity contribution is -0.651. The first kappa shape index (κ1) is 18.4. The topological polar surface area (TPSA) is 20.3 Å². The number of hydrogen-bond acceptors (Lipinski definition) is 2. The van der Waals surface area contributed by atoms with E-state index < -0.39 is 0 Å². The molecular formula is C20H18I2N2O. The summed E-state index contributed by atoms with van der Waals surface area (Å²) >= 11 is 2.42. The molecule has 2 aromatic carbocycles. The molecule has 0 bridgehead atoms. The summed E-state index contributed by atoms with van der Waals surface area (Å²) in [4.78, 5) is 2.30. The van der Waals surface area contributed by atoms with E-state index in [0.29, 0.717) is 0 Å². The van der Waals surface area contributed by atoms with Crippen LogP contribution < -0.4 is 33.4 Å². The molecule has 3 nitrogen and oxygen atoms in total. The molecule has 128 valence electrons. The van der Waals surface area contributed by atoms with Crippen molar-refractivity contribution in [2.24, 2.45) is 7.05 Å². The minimum atomic E-state index is 0. The Bertz CT molecular complexity index is 959. The molecule has 1 aliphatic rings. The van der Waals surface area contributed by atoms with Crippen LogP contribution in [0.4, 0.5) is 5.69 Å². The van der Waals surface area contributed by atoms with E-state index in [1.807, 2.05) is 25.2 Å². The zero-order valence-corrected chi connectivity index (χ0v) is 18.1. The van der Waals surface area contributed by atoms with Gasteiger partial charge in [0.2, 0.25) is 5.58 Å². The Labute approximate surface area is 178 Å². The van der Waals surface area contributed by atoms with Gasteiger partial charge < -0.3 is 33.3 Å². The van der Waals surface area contributed by atoms with Crippen molar-refractivity contribution in [2.75, 3.05) is 15.9 Å². The average Bonchev–Trinajstić information content (AvgIpc) is 2.93. The van der Waals surface area contributed by atoms with Gasteiger partial charge >= 0.3 is 5.89 Å². The van der Waals surface area contributed by atoms with Crippen LogP contribution in [0.3, 0.4) is 0 Å². The van der Waals surface area contributed by atoms with Crippen molar-refractivity contribution in [3.8, 4) is 0 Å². The summed E-state index contributed by atoms with van der Waals surface area (Å²) in [7, 11) is 2.04. The Morgan fingerprint density at radius 3 is 2.68 bits per heavy atom. The Kier molecular flexibility index (Phi) is 5.83. The highest BCUT2D eigenvalue weighted by atomic mass is 127. The third-order valence-electron chi connectivity index (χ3n) is 4.33. The molecule has 0 saturated heterocycles. The lowest BCUT2D eigenvalue weighted by Gasteiger charge is -2.26. The standard InChI is InChI=1S/C20H18IN2O.HI/c1-22-18-8-4-5-9-19(18)24-20(22)14-15-10-12-23(13-11-21)17-7-3-2-6-16(15)17;/h2-10,12,14H,11,13H2,1H3;1H/q+1;/p-1. The number of allylic oxidation sites excluding steroid dienone is 2. The highest BCUT2D eigenvalue weighted by molar-refractivity contribution is 14.1. The zero-order chi connectivity index (χ0) is 16.5. The van der Waals surface area contributed by atoms with E-state index in [1.54, 1.807) is 0 Å². The molecule has 0 atom stereocenters. The van der Waals surface area contributed by atoms with Gasteiger partial charge in [-0.2, -0.15) is 4.57 Å². The molecule has 0 aliphatic carbocycles. The van der Waals surface area contributed by atoms with Crippen molar-refractivity contribution in [1.82, 2.24) is 0 Å². The van der Waals surface area contributed by atoms with Gasteiger partial charge in [-0.1, -0.05) is 52.9 Å². The summed E-state index contributed by atoms with van der Waals surface area (Å²) in [5.41, 5.74) is 5.67. The van der Waals surface area contributed by atoms with Gasteiger partial charge in [0.25, 0.3) is 5.52 Å². The Morgan fingerprint density at radius 2 is 1.88 bits per heavy atom. The van der Waals surface area contributed by atoms with Gasteiger partial charge in [-0.3, -0.25) is 0 Å². The van der Waals surface area contributed by atoms with Crippen molar-refractivity contribution >= 4 is 51.0 Å². The van der Waals surface area contributed by atoms with Gasteiger partial charge in [0.15, 0.2) is 0 Å². The fourth-order valence-electron chi connectivity index (χ4n) is 3.10. The first-order chi connectivity index (χ1) is 11.8. The third-order valence-corrected chi connectivity index (χ3v) is 4.82. The average molecular weight is 556 g/mol. The number of nitrogens with zero attached hydrogens (tertiary/aromatic N) is 2. The molecule has 0 spiro atoms. The van der Waals surface area contributed by atoms with Crippen LogP contribution in [-0.2, 0) is 7.05 Å². The van der Waals surface area contributed by atoms with Crippen molar-refractivity contribution in [2.45, 2.75) is 0 Å². The zero-order valence-electron chi connectivity index (χ0n) is 13.8. The van der Waals surface area contributed by atoms with Crippen LogP contribution in [0.2, 0.25) is 0 Å². The number of fused-ring (bicyclic) bond motifs is 2. The summed E-state index contributed by atoms with van der Waals surface area (Å²) < 4.78 is 9.21. The maximum absolute atomic E-state index is 6.03. The van der Waals surface area contributed by atoms with Gasteiger partial charge in [0, 0.05) is 34.5 Å². The maximum Gasteiger partial charge on any atom is 0.374 e. The normalized spacial score (nSPS) is 14.6. The minimum absolute atomic E-state index is 0. The lowest BCUT2D eigenvalue weighted by Crippen LogP contribution is -3.00. The number of aromatic nitrogens is 1. The molecule has 2 heterocycles. The van der Waals surface area contributed by atoms with Crippen LogP contribution in [-0.4, -0.2) is 11.0 Å². The monoisotopic (exact) mass is 556 g/mol. The van der Waals surface area contributed by atoms with Crippen molar-refractivity contribution < 1.29 is 33.0 Å². The van der Waals surface area contributed by atoms with E-state index in [1.165, 1.54) is 16.8 Å². The second-order valence-corrected chi connectivity index (χ2v) is 6.86. The van der Waals surface area contributed by atoms with Gasteiger partial charge in [0.05, 0.1) is 6.08 Å². The SMILES string of the molecule is C[n+]1c(C=C2C=CN(CCI)c3ccccc32)oc2ccccc21.[I-]. The van der Waals surface area contributed by atoms with Crippen LogP contribution in [0, 0.1) is 0 Å².